The van der Waals surface area contributed by atoms with E-state index in [0.717, 1.165) is 18.8 Å². The van der Waals surface area contributed by atoms with Crippen molar-refractivity contribution in [1.29, 1.82) is 0 Å². The molecule has 0 bridgehead atoms. The minimum absolute atomic E-state index is 0.101. The molecule has 0 aliphatic rings. The lowest BCUT2D eigenvalue weighted by Crippen LogP contribution is -2.11. The van der Waals surface area contributed by atoms with Crippen LogP contribution in [0.3, 0.4) is 0 Å². The van der Waals surface area contributed by atoms with Crippen LogP contribution in [0.4, 0.5) is 0 Å². The number of nitrogens with one attached hydrogen (secondary N) is 1. The van der Waals surface area contributed by atoms with E-state index >= 15 is 0 Å². The smallest absolute Gasteiger partial charge is 0.0964 e. The lowest BCUT2D eigenvalue weighted by Gasteiger charge is -1.94. The first-order chi connectivity index (χ1) is 5.86. The minimum atomic E-state index is 0.101. The molecule has 12 heavy (non-hydrogen) atoms. The molecular formula is C7H14N4O. The summed E-state index contributed by atoms with van der Waals surface area (Å²) < 4.78 is 1.63. The predicted molar refractivity (Wildman–Crippen MR) is 44.5 cm³/mol. The number of aliphatic hydroxyl groups excluding tert-OH is 1. The van der Waals surface area contributed by atoms with Gasteiger partial charge in [0.2, 0.25) is 0 Å². The van der Waals surface area contributed by atoms with Crippen molar-refractivity contribution in [2.45, 2.75) is 20.0 Å². The average Bonchev–Trinajstić information content (AvgIpc) is 2.50. The highest BCUT2D eigenvalue weighted by atomic mass is 16.3. The number of aromatic nitrogens is 3. The first-order valence-corrected chi connectivity index (χ1v) is 4.07. The van der Waals surface area contributed by atoms with Crippen LogP contribution >= 0.6 is 0 Å². The number of nitrogens with zero attached hydrogens (tertiary/aromatic N) is 3. The molecule has 2 N–H and O–H groups in total. The molecular weight excluding hydrogens is 156 g/mol. The molecule has 1 aromatic heterocycles. The summed E-state index contributed by atoms with van der Waals surface area (Å²) in [5.74, 6) is 0. The second-order valence-corrected chi connectivity index (χ2v) is 2.48. The first kappa shape index (κ1) is 9.15. The Labute approximate surface area is 71.4 Å². The van der Waals surface area contributed by atoms with Gasteiger partial charge in [-0.05, 0) is 6.54 Å². The Hall–Kier alpha value is -0.940. The van der Waals surface area contributed by atoms with Crippen molar-refractivity contribution >= 4 is 0 Å². The van der Waals surface area contributed by atoms with Gasteiger partial charge in [0.25, 0.3) is 0 Å². The van der Waals surface area contributed by atoms with E-state index in [-0.39, 0.29) is 6.61 Å². The van der Waals surface area contributed by atoms with Crippen LogP contribution < -0.4 is 5.32 Å². The van der Waals surface area contributed by atoms with Gasteiger partial charge in [-0.1, -0.05) is 12.1 Å². The van der Waals surface area contributed by atoms with E-state index in [4.69, 9.17) is 5.11 Å². The Morgan fingerprint density at radius 3 is 3.17 bits per heavy atom. The largest absolute Gasteiger partial charge is 0.394 e. The number of hydrogen-bond acceptors (Lipinski definition) is 4. The molecule has 1 heterocycles. The monoisotopic (exact) mass is 170 g/mol. The molecule has 0 aliphatic heterocycles. The number of rotatable bonds is 5. The van der Waals surface area contributed by atoms with E-state index in [9.17, 15) is 0 Å². The molecule has 1 aromatic rings. The van der Waals surface area contributed by atoms with Gasteiger partial charge in [0.1, 0.15) is 0 Å². The lowest BCUT2D eigenvalue weighted by atomic mass is 10.4. The standard InChI is InChI=1S/C7H14N4O/c1-2-8-5-7-6-11(3-4-12)10-9-7/h6,8,12H,2-5H2,1H3. The second-order valence-electron chi connectivity index (χ2n) is 2.48. The normalized spacial score (nSPS) is 10.5. The molecule has 5 nitrogen and oxygen atoms in total. The van der Waals surface area contributed by atoms with Gasteiger partial charge in [0.05, 0.1) is 18.8 Å². The first-order valence-electron chi connectivity index (χ1n) is 4.07. The quantitative estimate of drug-likeness (QED) is 0.618. The third-order valence-electron chi connectivity index (χ3n) is 1.47. The number of aliphatic hydroxyl groups is 1. The van der Waals surface area contributed by atoms with E-state index in [0.29, 0.717) is 6.54 Å². The summed E-state index contributed by atoms with van der Waals surface area (Å²) >= 11 is 0. The highest BCUT2D eigenvalue weighted by Crippen LogP contribution is 1.91. The highest BCUT2D eigenvalue weighted by molar-refractivity contribution is 4.91. The van der Waals surface area contributed by atoms with Crippen molar-refractivity contribution in [3.8, 4) is 0 Å². The SMILES string of the molecule is CCNCc1cn(CCO)nn1. The van der Waals surface area contributed by atoms with Gasteiger partial charge in [-0.15, -0.1) is 5.10 Å². The van der Waals surface area contributed by atoms with E-state index in [1.807, 2.05) is 13.1 Å². The topological polar surface area (TPSA) is 63.0 Å². The van der Waals surface area contributed by atoms with Crippen LogP contribution in [0.2, 0.25) is 0 Å². The zero-order chi connectivity index (χ0) is 8.81. The van der Waals surface area contributed by atoms with Gasteiger partial charge < -0.3 is 10.4 Å². The van der Waals surface area contributed by atoms with Gasteiger partial charge in [-0.2, -0.15) is 0 Å². The van der Waals surface area contributed by atoms with Crippen LogP contribution in [0, 0.1) is 0 Å². The fourth-order valence-corrected chi connectivity index (χ4v) is 0.884. The predicted octanol–water partition coefficient (Wildman–Crippen LogP) is -0.620. The Kier molecular flexibility index (Phi) is 3.69. The highest BCUT2D eigenvalue weighted by Gasteiger charge is 1.97. The van der Waals surface area contributed by atoms with Gasteiger partial charge in [0, 0.05) is 12.7 Å². The fraction of sp³-hybridized carbons (Fsp3) is 0.714. The van der Waals surface area contributed by atoms with Crippen LogP contribution in [0.25, 0.3) is 0 Å². The van der Waals surface area contributed by atoms with Crippen LogP contribution in [-0.2, 0) is 13.1 Å². The Morgan fingerprint density at radius 1 is 1.67 bits per heavy atom. The molecule has 0 aromatic carbocycles. The Bertz CT molecular complexity index is 223. The number of hydrogen-bond donors (Lipinski definition) is 2. The van der Waals surface area contributed by atoms with Crippen molar-refractivity contribution in [1.82, 2.24) is 20.3 Å². The molecule has 0 unspecified atom stereocenters. The third kappa shape index (κ3) is 2.60. The van der Waals surface area contributed by atoms with E-state index in [1.165, 1.54) is 0 Å². The van der Waals surface area contributed by atoms with Crippen LogP contribution in [-0.4, -0.2) is 33.3 Å². The summed E-state index contributed by atoms with van der Waals surface area (Å²) in [4.78, 5) is 0. The summed E-state index contributed by atoms with van der Waals surface area (Å²) in [5, 5.41) is 19.5. The average molecular weight is 170 g/mol. The summed E-state index contributed by atoms with van der Waals surface area (Å²) in [6.07, 6.45) is 1.83. The third-order valence-corrected chi connectivity index (χ3v) is 1.47. The molecule has 0 spiro atoms. The molecule has 5 heteroatoms. The van der Waals surface area contributed by atoms with Crippen LogP contribution in [0.5, 0.6) is 0 Å². The van der Waals surface area contributed by atoms with Crippen molar-refractivity contribution in [2.24, 2.45) is 0 Å². The van der Waals surface area contributed by atoms with Crippen molar-refractivity contribution in [3.63, 3.8) is 0 Å². The molecule has 68 valence electrons. The van der Waals surface area contributed by atoms with Crippen LogP contribution in [0.15, 0.2) is 6.20 Å². The van der Waals surface area contributed by atoms with E-state index < -0.39 is 0 Å². The summed E-state index contributed by atoms with van der Waals surface area (Å²) in [7, 11) is 0. The van der Waals surface area contributed by atoms with Crippen molar-refractivity contribution in [3.05, 3.63) is 11.9 Å². The lowest BCUT2D eigenvalue weighted by molar-refractivity contribution is 0.268. The van der Waals surface area contributed by atoms with Gasteiger partial charge in [-0.3, -0.25) is 0 Å². The zero-order valence-corrected chi connectivity index (χ0v) is 7.19. The van der Waals surface area contributed by atoms with Crippen molar-refractivity contribution < 1.29 is 5.11 Å². The Morgan fingerprint density at radius 2 is 2.50 bits per heavy atom. The fourth-order valence-electron chi connectivity index (χ4n) is 0.884. The summed E-state index contributed by atoms with van der Waals surface area (Å²) in [6.45, 7) is 4.32. The van der Waals surface area contributed by atoms with Gasteiger partial charge >= 0.3 is 0 Å². The Balaban J connectivity index is 2.41. The molecule has 0 amide bonds. The van der Waals surface area contributed by atoms with E-state index in [1.54, 1.807) is 4.68 Å². The maximum Gasteiger partial charge on any atom is 0.0964 e. The summed E-state index contributed by atoms with van der Waals surface area (Å²) in [5.41, 5.74) is 0.908. The minimum Gasteiger partial charge on any atom is -0.394 e. The summed E-state index contributed by atoms with van der Waals surface area (Å²) in [6, 6.07) is 0. The second kappa shape index (κ2) is 4.84. The molecule has 0 aliphatic carbocycles. The zero-order valence-electron chi connectivity index (χ0n) is 7.19. The molecule has 0 saturated heterocycles. The molecule has 1 rings (SSSR count). The molecule has 0 radical (unpaired) electrons. The maximum atomic E-state index is 8.60. The molecule has 0 fully saturated rings. The van der Waals surface area contributed by atoms with E-state index in [2.05, 4.69) is 15.6 Å². The molecule has 0 saturated carbocycles. The van der Waals surface area contributed by atoms with Crippen molar-refractivity contribution in [2.75, 3.05) is 13.2 Å². The van der Waals surface area contributed by atoms with Crippen LogP contribution in [0.1, 0.15) is 12.6 Å². The van der Waals surface area contributed by atoms with Gasteiger partial charge in [-0.25, -0.2) is 4.68 Å². The maximum absolute atomic E-state index is 8.60. The van der Waals surface area contributed by atoms with Gasteiger partial charge in [0.15, 0.2) is 0 Å². The molecule has 0 atom stereocenters.